The van der Waals surface area contributed by atoms with E-state index in [0.29, 0.717) is 5.56 Å². The summed E-state index contributed by atoms with van der Waals surface area (Å²) in [5.41, 5.74) is 1.39. The van der Waals surface area contributed by atoms with Crippen LogP contribution in [0, 0.1) is 0 Å². The molecule has 0 fully saturated rings. The van der Waals surface area contributed by atoms with Gasteiger partial charge in [-0.05, 0) is 28.6 Å². The highest BCUT2D eigenvalue weighted by Gasteiger charge is 2.07. The second kappa shape index (κ2) is 4.94. The van der Waals surface area contributed by atoms with Gasteiger partial charge in [-0.2, -0.15) is 8.78 Å². The molecule has 1 heterocycles. The molecule has 0 bridgehead atoms. The van der Waals surface area contributed by atoms with Crippen molar-refractivity contribution in [3.05, 3.63) is 66.2 Å². The third kappa shape index (κ3) is 2.42. The molecule has 0 atom stereocenters. The lowest BCUT2D eigenvalue weighted by Gasteiger charge is -2.02. The molecule has 0 amide bonds. The van der Waals surface area contributed by atoms with Gasteiger partial charge in [0, 0.05) is 15.7 Å². The third-order valence-corrected chi connectivity index (χ3v) is 4.07. The van der Waals surface area contributed by atoms with Crippen LogP contribution in [0.1, 0.15) is 5.56 Å². The average Bonchev–Trinajstić information content (AvgIpc) is 2.82. The van der Waals surface area contributed by atoms with Gasteiger partial charge in [0.2, 0.25) is 0 Å². The Morgan fingerprint density at radius 2 is 1.68 bits per heavy atom. The van der Waals surface area contributed by atoms with Gasteiger partial charge in [-0.1, -0.05) is 42.5 Å². The van der Waals surface area contributed by atoms with Gasteiger partial charge in [-0.3, -0.25) is 0 Å². The Morgan fingerprint density at radius 1 is 0.947 bits per heavy atom. The number of thiophene rings is 1. The molecule has 0 radical (unpaired) electrons. The van der Waals surface area contributed by atoms with Crippen molar-refractivity contribution in [3.63, 3.8) is 0 Å². The predicted molar refractivity (Wildman–Crippen MR) is 77.5 cm³/mol. The van der Waals surface area contributed by atoms with E-state index in [1.54, 1.807) is 23.5 Å². The summed E-state index contributed by atoms with van der Waals surface area (Å²) < 4.78 is 26.1. The maximum absolute atomic E-state index is 12.5. The van der Waals surface area contributed by atoms with Gasteiger partial charge >= 0.3 is 0 Å². The van der Waals surface area contributed by atoms with E-state index >= 15 is 0 Å². The summed E-state index contributed by atoms with van der Waals surface area (Å²) in [4.78, 5) is 1.01. The third-order valence-electron chi connectivity index (χ3n) is 2.92. The zero-order valence-electron chi connectivity index (χ0n) is 9.94. The standard InChI is InChI=1S/C16H10F2S/c17-16(18)10-11-5-1-3-7-13(11)15-9-12-6-2-4-8-14(12)19-15/h1-10H. The molecule has 0 aliphatic heterocycles. The molecule has 3 rings (SSSR count). The van der Waals surface area contributed by atoms with Gasteiger partial charge in [-0.25, -0.2) is 0 Å². The van der Waals surface area contributed by atoms with E-state index < -0.39 is 6.08 Å². The topological polar surface area (TPSA) is 0 Å². The monoisotopic (exact) mass is 272 g/mol. The van der Waals surface area contributed by atoms with E-state index in [1.165, 1.54) is 0 Å². The molecule has 2 aromatic carbocycles. The van der Waals surface area contributed by atoms with Gasteiger partial charge in [-0.15, -0.1) is 11.3 Å². The molecule has 0 nitrogen and oxygen atoms in total. The van der Waals surface area contributed by atoms with Crippen LogP contribution in [0.25, 0.3) is 26.6 Å². The normalized spacial score (nSPS) is 10.6. The quantitative estimate of drug-likeness (QED) is 0.552. The van der Waals surface area contributed by atoms with Crippen LogP contribution in [0.4, 0.5) is 8.78 Å². The number of hydrogen-bond acceptors (Lipinski definition) is 1. The van der Waals surface area contributed by atoms with E-state index in [-0.39, 0.29) is 0 Å². The van der Waals surface area contributed by atoms with E-state index in [9.17, 15) is 8.78 Å². The number of fused-ring (bicyclic) bond motifs is 1. The van der Waals surface area contributed by atoms with E-state index in [1.807, 2.05) is 42.5 Å². The Hall–Kier alpha value is -2.00. The molecule has 3 aromatic rings. The molecule has 94 valence electrons. The fourth-order valence-corrected chi connectivity index (χ4v) is 3.19. The molecule has 3 heteroatoms. The SMILES string of the molecule is FC(F)=Cc1ccccc1-c1cc2ccccc2s1. The van der Waals surface area contributed by atoms with Gasteiger partial charge in [0.1, 0.15) is 0 Å². The first kappa shape index (κ1) is 12.1. The summed E-state index contributed by atoms with van der Waals surface area (Å²) in [7, 11) is 0. The first-order chi connectivity index (χ1) is 9.24. The fraction of sp³-hybridized carbons (Fsp3) is 0. The molecular weight excluding hydrogens is 262 g/mol. The van der Waals surface area contributed by atoms with E-state index in [2.05, 4.69) is 0 Å². The number of halogens is 2. The van der Waals surface area contributed by atoms with Crippen LogP contribution >= 0.6 is 11.3 Å². The summed E-state index contributed by atoms with van der Waals surface area (Å²) in [6.07, 6.45) is -0.756. The first-order valence-electron chi connectivity index (χ1n) is 5.85. The van der Waals surface area contributed by atoms with Crippen LogP contribution in [0.15, 0.2) is 60.7 Å². The fourth-order valence-electron chi connectivity index (χ4n) is 2.08. The van der Waals surface area contributed by atoms with Crippen LogP contribution in [-0.4, -0.2) is 0 Å². The van der Waals surface area contributed by atoms with Crippen molar-refractivity contribution in [1.29, 1.82) is 0 Å². The maximum Gasteiger partial charge on any atom is 0.270 e. The number of benzene rings is 2. The molecule has 0 unspecified atom stereocenters. The molecule has 0 saturated heterocycles. The summed E-state index contributed by atoms with van der Waals surface area (Å²) in [5, 5.41) is 1.14. The van der Waals surface area contributed by atoms with Gasteiger partial charge in [0.25, 0.3) is 6.08 Å². The lowest BCUT2D eigenvalue weighted by atomic mass is 10.1. The average molecular weight is 272 g/mol. The summed E-state index contributed by atoms with van der Waals surface area (Å²) >= 11 is 1.62. The minimum Gasteiger partial charge on any atom is -0.173 e. The number of rotatable bonds is 2. The molecule has 0 N–H and O–H groups in total. The summed E-state index contributed by atoms with van der Waals surface area (Å²) in [6, 6.07) is 17.3. The van der Waals surface area contributed by atoms with Gasteiger partial charge in [0.05, 0.1) is 0 Å². The van der Waals surface area contributed by atoms with Crippen LogP contribution < -0.4 is 0 Å². The highest BCUT2D eigenvalue weighted by Crippen LogP contribution is 2.35. The second-order valence-electron chi connectivity index (χ2n) is 4.17. The lowest BCUT2D eigenvalue weighted by molar-refractivity contribution is 0.429. The van der Waals surface area contributed by atoms with Crippen molar-refractivity contribution in [2.45, 2.75) is 0 Å². The Kier molecular flexibility index (Phi) is 3.13. The zero-order chi connectivity index (χ0) is 13.2. The molecule has 19 heavy (non-hydrogen) atoms. The highest BCUT2D eigenvalue weighted by molar-refractivity contribution is 7.22. The maximum atomic E-state index is 12.5. The Labute approximate surface area is 113 Å². The molecule has 0 spiro atoms. The smallest absolute Gasteiger partial charge is 0.173 e. The summed E-state index contributed by atoms with van der Waals surface area (Å²) in [5.74, 6) is 0. The molecule has 1 aromatic heterocycles. The van der Waals surface area contributed by atoms with Gasteiger partial charge < -0.3 is 0 Å². The molecule has 0 aliphatic rings. The Bertz CT molecular complexity index is 719. The Morgan fingerprint density at radius 3 is 2.47 bits per heavy atom. The highest BCUT2D eigenvalue weighted by atomic mass is 32.1. The largest absolute Gasteiger partial charge is 0.270 e. The minimum atomic E-state index is -1.67. The van der Waals surface area contributed by atoms with Gasteiger partial charge in [0.15, 0.2) is 0 Å². The second-order valence-corrected chi connectivity index (χ2v) is 5.25. The number of hydrogen-bond donors (Lipinski definition) is 0. The zero-order valence-corrected chi connectivity index (χ0v) is 10.8. The Balaban J connectivity index is 2.18. The van der Waals surface area contributed by atoms with Crippen molar-refractivity contribution in [2.75, 3.05) is 0 Å². The first-order valence-corrected chi connectivity index (χ1v) is 6.66. The predicted octanol–water partition coefficient (Wildman–Crippen LogP) is 5.81. The van der Waals surface area contributed by atoms with E-state index in [0.717, 1.165) is 26.6 Å². The van der Waals surface area contributed by atoms with E-state index in [4.69, 9.17) is 0 Å². The molecule has 0 aliphatic carbocycles. The lowest BCUT2D eigenvalue weighted by Crippen LogP contribution is -1.79. The molecule has 0 saturated carbocycles. The van der Waals surface area contributed by atoms with Crippen molar-refractivity contribution in [1.82, 2.24) is 0 Å². The van der Waals surface area contributed by atoms with Crippen LogP contribution in [0.5, 0.6) is 0 Å². The summed E-state index contributed by atoms with van der Waals surface area (Å²) in [6.45, 7) is 0. The minimum absolute atomic E-state index is 0.550. The van der Waals surface area contributed by atoms with Crippen LogP contribution in [0.2, 0.25) is 0 Å². The van der Waals surface area contributed by atoms with Crippen molar-refractivity contribution in [3.8, 4) is 10.4 Å². The van der Waals surface area contributed by atoms with Crippen LogP contribution in [-0.2, 0) is 0 Å². The van der Waals surface area contributed by atoms with Crippen molar-refractivity contribution in [2.24, 2.45) is 0 Å². The van der Waals surface area contributed by atoms with Crippen molar-refractivity contribution < 1.29 is 8.78 Å². The van der Waals surface area contributed by atoms with Crippen LogP contribution in [0.3, 0.4) is 0 Å². The van der Waals surface area contributed by atoms with Crippen molar-refractivity contribution >= 4 is 27.5 Å². The molecular formula is C16H10F2S.